The fourth-order valence-corrected chi connectivity index (χ4v) is 3.03. The molecule has 0 aliphatic carbocycles. The summed E-state index contributed by atoms with van der Waals surface area (Å²) >= 11 is 7.56. The van der Waals surface area contributed by atoms with Gasteiger partial charge in [0.25, 0.3) is 5.69 Å². The number of nitro groups is 1. The third-order valence-corrected chi connectivity index (χ3v) is 4.31. The number of thioether (sulfide) groups is 1. The largest absolute Gasteiger partial charge is 0.388 e. The number of hydrogen-bond acceptors (Lipinski definition) is 4. The van der Waals surface area contributed by atoms with Crippen LogP contribution in [0.4, 0.5) is 11.4 Å². The van der Waals surface area contributed by atoms with Crippen LogP contribution >= 0.6 is 23.4 Å². The van der Waals surface area contributed by atoms with E-state index in [0.29, 0.717) is 5.75 Å². The molecule has 0 fully saturated rings. The predicted molar refractivity (Wildman–Crippen MR) is 89.1 cm³/mol. The second kappa shape index (κ2) is 7.33. The Kier molecular flexibility index (Phi) is 5.47. The summed E-state index contributed by atoms with van der Waals surface area (Å²) in [5, 5.41) is 14.6. The topological polar surface area (TPSA) is 55.2 Å². The number of rotatable bonds is 6. The van der Waals surface area contributed by atoms with E-state index in [1.165, 1.54) is 11.6 Å². The first-order valence-electron chi connectivity index (χ1n) is 6.37. The minimum absolute atomic E-state index is 0.121. The SMILES string of the molecule is CNc1ccc([N+](=O)[O-])cc1CSCc1ccc(Cl)cc1. The summed E-state index contributed by atoms with van der Waals surface area (Å²) < 4.78 is 0. The van der Waals surface area contributed by atoms with Crippen molar-refractivity contribution in [2.24, 2.45) is 0 Å². The van der Waals surface area contributed by atoms with Crippen LogP contribution in [0, 0.1) is 10.1 Å². The number of hydrogen-bond donors (Lipinski definition) is 1. The van der Waals surface area contributed by atoms with Gasteiger partial charge in [0, 0.05) is 41.4 Å². The Morgan fingerprint density at radius 3 is 2.52 bits per heavy atom. The van der Waals surface area contributed by atoms with Gasteiger partial charge in [0.1, 0.15) is 0 Å². The molecule has 2 aromatic carbocycles. The number of nitrogens with one attached hydrogen (secondary N) is 1. The van der Waals surface area contributed by atoms with Crippen molar-refractivity contribution in [3.8, 4) is 0 Å². The van der Waals surface area contributed by atoms with Gasteiger partial charge in [0.2, 0.25) is 0 Å². The van der Waals surface area contributed by atoms with Gasteiger partial charge in [0.05, 0.1) is 4.92 Å². The first-order chi connectivity index (χ1) is 10.1. The molecule has 0 heterocycles. The molecule has 1 N–H and O–H groups in total. The Hall–Kier alpha value is -1.72. The van der Waals surface area contributed by atoms with Crippen LogP contribution in [0.1, 0.15) is 11.1 Å². The van der Waals surface area contributed by atoms with Gasteiger partial charge in [-0.1, -0.05) is 23.7 Å². The number of benzene rings is 2. The molecule has 110 valence electrons. The lowest BCUT2D eigenvalue weighted by molar-refractivity contribution is -0.384. The summed E-state index contributed by atoms with van der Waals surface area (Å²) in [6.07, 6.45) is 0. The minimum Gasteiger partial charge on any atom is -0.388 e. The quantitative estimate of drug-likeness (QED) is 0.617. The summed E-state index contributed by atoms with van der Waals surface area (Å²) in [4.78, 5) is 10.5. The zero-order chi connectivity index (χ0) is 15.2. The first-order valence-corrected chi connectivity index (χ1v) is 7.90. The lowest BCUT2D eigenvalue weighted by atomic mass is 10.2. The highest BCUT2D eigenvalue weighted by molar-refractivity contribution is 7.97. The van der Waals surface area contributed by atoms with E-state index < -0.39 is 0 Å². The van der Waals surface area contributed by atoms with Crippen LogP contribution in [0.15, 0.2) is 42.5 Å². The lowest BCUT2D eigenvalue weighted by Crippen LogP contribution is -1.97. The van der Waals surface area contributed by atoms with Crippen molar-refractivity contribution < 1.29 is 4.92 Å². The van der Waals surface area contributed by atoms with E-state index in [1.807, 2.05) is 31.3 Å². The highest BCUT2D eigenvalue weighted by atomic mass is 35.5. The van der Waals surface area contributed by atoms with Crippen LogP contribution < -0.4 is 5.32 Å². The third kappa shape index (κ3) is 4.37. The van der Waals surface area contributed by atoms with Gasteiger partial charge in [-0.2, -0.15) is 11.8 Å². The molecular weight excluding hydrogens is 308 g/mol. The third-order valence-electron chi connectivity index (χ3n) is 3.01. The van der Waals surface area contributed by atoms with E-state index >= 15 is 0 Å². The highest BCUT2D eigenvalue weighted by Gasteiger charge is 2.10. The molecule has 0 bridgehead atoms. The molecule has 0 saturated heterocycles. The van der Waals surface area contributed by atoms with Crippen LogP contribution in [-0.2, 0) is 11.5 Å². The predicted octanol–water partition coefficient (Wildman–Crippen LogP) is 4.72. The molecule has 0 unspecified atom stereocenters. The molecule has 0 aromatic heterocycles. The van der Waals surface area contributed by atoms with Crippen molar-refractivity contribution in [3.05, 3.63) is 68.7 Å². The number of nitrogens with zero attached hydrogens (tertiary/aromatic N) is 1. The Morgan fingerprint density at radius 1 is 1.19 bits per heavy atom. The van der Waals surface area contributed by atoms with Gasteiger partial charge < -0.3 is 5.32 Å². The average molecular weight is 323 g/mol. The lowest BCUT2D eigenvalue weighted by Gasteiger charge is -2.09. The van der Waals surface area contributed by atoms with Crippen LogP contribution in [0.5, 0.6) is 0 Å². The Morgan fingerprint density at radius 2 is 1.90 bits per heavy atom. The summed E-state index contributed by atoms with van der Waals surface area (Å²) in [6.45, 7) is 0. The van der Waals surface area contributed by atoms with Crippen molar-refractivity contribution in [1.82, 2.24) is 0 Å². The minimum atomic E-state index is -0.368. The fourth-order valence-electron chi connectivity index (χ4n) is 1.92. The van der Waals surface area contributed by atoms with Crippen LogP contribution in [0.2, 0.25) is 5.02 Å². The normalized spacial score (nSPS) is 10.4. The average Bonchev–Trinajstić information content (AvgIpc) is 2.49. The van der Waals surface area contributed by atoms with Crippen LogP contribution in [0.25, 0.3) is 0 Å². The maximum Gasteiger partial charge on any atom is 0.269 e. The molecule has 0 radical (unpaired) electrons. The molecular formula is C15H15ClN2O2S. The smallest absolute Gasteiger partial charge is 0.269 e. The Balaban J connectivity index is 2.03. The molecule has 0 aliphatic heterocycles. The highest BCUT2D eigenvalue weighted by Crippen LogP contribution is 2.27. The van der Waals surface area contributed by atoms with Crippen LogP contribution in [-0.4, -0.2) is 12.0 Å². The summed E-state index contributed by atoms with van der Waals surface area (Å²) in [5.74, 6) is 1.55. The second-order valence-corrected chi connectivity index (χ2v) is 5.89. The van der Waals surface area contributed by atoms with Crippen molar-refractivity contribution in [2.75, 3.05) is 12.4 Å². The first kappa shape index (κ1) is 15.7. The molecule has 0 saturated carbocycles. The zero-order valence-corrected chi connectivity index (χ0v) is 13.1. The monoisotopic (exact) mass is 322 g/mol. The Bertz CT molecular complexity index is 632. The van der Waals surface area contributed by atoms with Crippen molar-refractivity contribution in [1.29, 1.82) is 0 Å². The summed E-state index contributed by atoms with van der Waals surface area (Å²) in [5.41, 5.74) is 3.16. The van der Waals surface area contributed by atoms with E-state index in [-0.39, 0.29) is 10.6 Å². The molecule has 0 atom stereocenters. The molecule has 21 heavy (non-hydrogen) atoms. The van der Waals surface area contributed by atoms with Crippen molar-refractivity contribution in [3.63, 3.8) is 0 Å². The van der Waals surface area contributed by atoms with Crippen molar-refractivity contribution in [2.45, 2.75) is 11.5 Å². The van der Waals surface area contributed by atoms with E-state index in [1.54, 1.807) is 23.9 Å². The number of anilines is 1. The number of nitro benzene ring substituents is 1. The van der Waals surface area contributed by atoms with Gasteiger partial charge in [0.15, 0.2) is 0 Å². The molecule has 0 aliphatic rings. The van der Waals surface area contributed by atoms with Gasteiger partial charge in [-0.3, -0.25) is 10.1 Å². The molecule has 2 aromatic rings. The summed E-state index contributed by atoms with van der Waals surface area (Å²) in [7, 11) is 1.81. The number of halogens is 1. The van der Waals surface area contributed by atoms with Gasteiger partial charge in [-0.25, -0.2) is 0 Å². The van der Waals surface area contributed by atoms with Crippen LogP contribution in [0.3, 0.4) is 0 Å². The molecule has 0 amide bonds. The van der Waals surface area contributed by atoms with E-state index in [2.05, 4.69) is 5.32 Å². The maximum absolute atomic E-state index is 10.8. The fraction of sp³-hybridized carbons (Fsp3) is 0.200. The zero-order valence-electron chi connectivity index (χ0n) is 11.5. The molecule has 4 nitrogen and oxygen atoms in total. The van der Waals surface area contributed by atoms with Gasteiger partial charge in [-0.15, -0.1) is 0 Å². The standard InChI is InChI=1S/C15H15ClN2O2S/c1-17-15-7-6-14(18(19)20)8-12(15)10-21-9-11-2-4-13(16)5-3-11/h2-8,17H,9-10H2,1H3. The Labute approximate surface area is 132 Å². The maximum atomic E-state index is 10.8. The summed E-state index contributed by atoms with van der Waals surface area (Å²) in [6, 6.07) is 12.6. The van der Waals surface area contributed by atoms with Gasteiger partial charge in [-0.05, 0) is 29.3 Å². The second-order valence-electron chi connectivity index (χ2n) is 4.47. The van der Waals surface area contributed by atoms with E-state index in [4.69, 9.17) is 11.6 Å². The number of non-ortho nitro benzene ring substituents is 1. The van der Waals surface area contributed by atoms with E-state index in [9.17, 15) is 10.1 Å². The van der Waals surface area contributed by atoms with Crippen molar-refractivity contribution >= 4 is 34.7 Å². The molecule has 0 spiro atoms. The molecule has 2 rings (SSSR count). The van der Waals surface area contributed by atoms with Gasteiger partial charge >= 0.3 is 0 Å². The molecule has 6 heteroatoms. The van der Waals surface area contributed by atoms with E-state index in [0.717, 1.165) is 22.0 Å².